The van der Waals surface area contributed by atoms with Gasteiger partial charge in [-0.1, -0.05) is 32.4 Å². The highest BCUT2D eigenvalue weighted by Gasteiger charge is 2.32. The maximum absolute atomic E-state index is 14.5. The Labute approximate surface area is 197 Å². The van der Waals surface area contributed by atoms with Crippen LogP contribution in [0.5, 0.6) is 0 Å². The molecule has 0 fully saturated rings. The molecule has 0 heterocycles. The monoisotopic (exact) mass is 502 g/mol. The van der Waals surface area contributed by atoms with Crippen molar-refractivity contribution in [2.24, 2.45) is 5.41 Å². The summed E-state index contributed by atoms with van der Waals surface area (Å²) in [5.74, 6) is -1.40. The van der Waals surface area contributed by atoms with E-state index in [-0.39, 0.29) is 22.3 Å². The van der Waals surface area contributed by atoms with Gasteiger partial charge in [0.05, 0.1) is 10.1 Å². The largest absolute Gasteiger partial charge is 0.417 e. The molecular weight excluding hydrogens is 470 g/mol. The summed E-state index contributed by atoms with van der Waals surface area (Å²) in [6, 6.07) is 9.69. The molecular formula is C24H33ClF2O3SSi. The maximum Gasteiger partial charge on any atom is 0.187 e. The second kappa shape index (κ2) is 10.8. The SMILES string of the molecule is CC(C)(C)C[Si](C)(C)OCCCCC(c1cc(F)ccc1F)S(=O)(=O)c1ccc(Cl)cc1. The van der Waals surface area contributed by atoms with Crippen LogP contribution in [-0.4, -0.2) is 23.3 Å². The Hall–Kier alpha value is -1.28. The van der Waals surface area contributed by atoms with Crippen molar-refractivity contribution in [3.8, 4) is 0 Å². The molecule has 0 aromatic heterocycles. The van der Waals surface area contributed by atoms with E-state index in [2.05, 4.69) is 33.9 Å². The average molecular weight is 503 g/mol. The number of benzene rings is 2. The first-order chi connectivity index (χ1) is 14.7. The Morgan fingerprint density at radius 2 is 1.66 bits per heavy atom. The van der Waals surface area contributed by atoms with E-state index in [1.54, 1.807) is 0 Å². The van der Waals surface area contributed by atoms with Crippen molar-refractivity contribution in [3.63, 3.8) is 0 Å². The third-order valence-electron chi connectivity index (χ3n) is 5.13. The molecule has 0 aliphatic rings. The van der Waals surface area contributed by atoms with Gasteiger partial charge in [-0.15, -0.1) is 0 Å². The standard InChI is InChI=1S/C24H33ClF2O3SSi/c1-24(2,3)17-32(4,5)30-15-7-6-8-23(21-16-19(26)11-14-22(21)27)31(28,29)20-12-9-18(25)10-13-20/h9-14,16,23H,6-8,15,17H2,1-5H3. The highest BCUT2D eigenvalue weighted by Crippen LogP contribution is 2.36. The first-order valence-electron chi connectivity index (χ1n) is 10.8. The Balaban J connectivity index is 2.16. The van der Waals surface area contributed by atoms with Gasteiger partial charge in [-0.2, -0.15) is 0 Å². The molecule has 0 N–H and O–H groups in total. The van der Waals surface area contributed by atoms with E-state index in [1.807, 2.05) is 0 Å². The summed E-state index contributed by atoms with van der Waals surface area (Å²) >= 11 is 5.88. The number of sulfone groups is 1. The molecule has 0 amide bonds. The van der Waals surface area contributed by atoms with Crippen LogP contribution in [0.4, 0.5) is 8.78 Å². The Morgan fingerprint density at radius 1 is 1.03 bits per heavy atom. The van der Waals surface area contributed by atoms with Crippen LogP contribution in [0.3, 0.4) is 0 Å². The van der Waals surface area contributed by atoms with Crippen molar-refractivity contribution >= 4 is 29.8 Å². The fourth-order valence-corrected chi connectivity index (χ4v) is 9.45. The van der Waals surface area contributed by atoms with Crippen molar-refractivity contribution in [1.29, 1.82) is 0 Å². The van der Waals surface area contributed by atoms with Gasteiger partial charge in [0.25, 0.3) is 0 Å². The molecule has 178 valence electrons. The molecule has 1 atom stereocenters. The van der Waals surface area contributed by atoms with Crippen LogP contribution in [0, 0.1) is 17.0 Å². The van der Waals surface area contributed by atoms with E-state index in [1.165, 1.54) is 24.3 Å². The first-order valence-corrected chi connectivity index (χ1v) is 15.8. The van der Waals surface area contributed by atoms with Crippen molar-refractivity contribution in [1.82, 2.24) is 0 Å². The molecule has 2 aromatic carbocycles. The van der Waals surface area contributed by atoms with Gasteiger partial charge in [0.2, 0.25) is 0 Å². The third-order valence-corrected chi connectivity index (χ3v) is 10.4. The lowest BCUT2D eigenvalue weighted by Gasteiger charge is -2.30. The lowest BCUT2D eigenvalue weighted by molar-refractivity contribution is 0.281. The molecule has 0 saturated heterocycles. The predicted octanol–water partition coefficient (Wildman–Crippen LogP) is 7.57. The molecule has 3 nitrogen and oxygen atoms in total. The minimum atomic E-state index is -3.95. The van der Waals surface area contributed by atoms with Gasteiger partial charge >= 0.3 is 0 Å². The number of hydrogen-bond acceptors (Lipinski definition) is 3. The van der Waals surface area contributed by atoms with E-state index in [0.29, 0.717) is 24.5 Å². The van der Waals surface area contributed by atoms with Crippen LogP contribution in [0.2, 0.25) is 24.2 Å². The maximum atomic E-state index is 14.5. The van der Waals surface area contributed by atoms with Crippen LogP contribution in [0.25, 0.3) is 0 Å². The Morgan fingerprint density at radius 3 is 2.25 bits per heavy atom. The molecule has 32 heavy (non-hydrogen) atoms. The molecule has 0 radical (unpaired) electrons. The first kappa shape index (κ1) is 27.0. The van der Waals surface area contributed by atoms with Crippen LogP contribution in [-0.2, 0) is 14.3 Å². The van der Waals surface area contributed by atoms with Crippen molar-refractivity contribution in [2.75, 3.05) is 6.61 Å². The van der Waals surface area contributed by atoms with Crippen LogP contribution in [0.15, 0.2) is 47.4 Å². The van der Waals surface area contributed by atoms with Crippen molar-refractivity contribution in [2.45, 2.75) is 69.3 Å². The summed E-state index contributed by atoms with van der Waals surface area (Å²) in [5.41, 5.74) is 0.0332. The molecule has 0 bridgehead atoms. The summed E-state index contributed by atoms with van der Waals surface area (Å²) in [5, 5.41) is -0.796. The number of rotatable bonds is 10. The van der Waals surface area contributed by atoms with Gasteiger partial charge < -0.3 is 4.43 Å². The highest BCUT2D eigenvalue weighted by atomic mass is 35.5. The van der Waals surface area contributed by atoms with E-state index in [4.69, 9.17) is 16.0 Å². The lowest BCUT2D eigenvalue weighted by atomic mass is 10.0. The van der Waals surface area contributed by atoms with Gasteiger partial charge in [0.1, 0.15) is 11.6 Å². The average Bonchev–Trinajstić information content (AvgIpc) is 2.65. The van der Waals surface area contributed by atoms with E-state index < -0.39 is 35.0 Å². The minimum absolute atomic E-state index is 0.0329. The molecule has 0 aliphatic heterocycles. The zero-order chi connectivity index (χ0) is 24.2. The quantitative estimate of drug-likeness (QED) is 0.248. The van der Waals surface area contributed by atoms with Gasteiger partial charge in [-0.05, 0) is 86.3 Å². The molecule has 0 saturated carbocycles. The second-order valence-electron chi connectivity index (χ2n) is 9.99. The summed E-state index contributed by atoms with van der Waals surface area (Å²) < 4.78 is 61.2. The second-order valence-corrected chi connectivity index (χ2v) is 16.7. The summed E-state index contributed by atoms with van der Waals surface area (Å²) in [6.45, 7) is 11.4. The minimum Gasteiger partial charge on any atom is -0.417 e. The highest BCUT2D eigenvalue weighted by molar-refractivity contribution is 7.91. The Bertz CT molecular complexity index is 1000. The zero-order valence-corrected chi connectivity index (χ0v) is 22.0. The molecule has 0 aliphatic carbocycles. The normalized spacial score (nSPS) is 13.9. The van der Waals surface area contributed by atoms with Crippen LogP contribution in [0.1, 0.15) is 50.8 Å². The van der Waals surface area contributed by atoms with Gasteiger partial charge in [0, 0.05) is 17.2 Å². The van der Waals surface area contributed by atoms with E-state index >= 15 is 0 Å². The molecule has 2 rings (SSSR count). The van der Waals surface area contributed by atoms with Crippen molar-refractivity contribution in [3.05, 3.63) is 64.7 Å². The summed E-state index contributed by atoms with van der Waals surface area (Å²) in [6.07, 6.45) is 1.31. The fourth-order valence-electron chi connectivity index (χ4n) is 4.14. The van der Waals surface area contributed by atoms with Crippen LogP contribution < -0.4 is 0 Å². The lowest BCUT2D eigenvalue weighted by Crippen LogP contribution is -2.35. The number of unbranched alkanes of at least 4 members (excludes halogenated alkanes) is 1. The topological polar surface area (TPSA) is 43.4 Å². The molecule has 8 heteroatoms. The van der Waals surface area contributed by atoms with Crippen LogP contribution >= 0.6 is 11.6 Å². The number of halogens is 3. The summed E-state index contributed by atoms with van der Waals surface area (Å²) in [7, 11) is -5.78. The smallest absolute Gasteiger partial charge is 0.187 e. The molecule has 0 spiro atoms. The van der Waals surface area contributed by atoms with Gasteiger partial charge in [0.15, 0.2) is 18.2 Å². The van der Waals surface area contributed by atoms with Crippen molar-refractivity contribution < 1.29 is 21.6 Å². The van der Waals surface area contributed by atoms with Gasteiger partial charge in [-0.3, -0.25) is 0 Å². The molecule has 1 unspecified atom stereocenters. The number of hydrogen-bond donors (Lipinski definition) is 0. The van der Waals surface area contributed by atoms with Gasteiger partial charge in [-0.25, -0.2) is 17.2 Å². The third kappa shape index (κ3) is 7.94. The Kier molecular flexibility index (Phi) is 9.07. The molecule has 2 aromatic rings. The predicted molar refractivity (Wildman–Crippen MR) is 129 cm³/mol. The zero-order valence-electron chi connectivity index (χ0n) is 19.4. The van der Waals surface area contributed by atoms with E-state index in [9.17, 15) is 17.2 Å². The van der Waals surface area contributed by atoms with E-state index in [0.717, 1.165) is 24.2 Å². The fraction of sp³-hybridized carbons (Fsp3) is 0.500. The summed E-state index contributed by atoms with van der Waals surface area (Å²) in [4.78, 5) is 0.0329.